The van der Waals surface area contributed by atoms with Crippen LogP contribution in [0.15, 0.2) is 18.5 Å². The Morgan fingerprint density at radius 3 is 2.33 bits per heavy atom. The number of ether oxygens (including phenoxy) is 2. The van der Waals surface area contributed by atoms with Crippen LogP contribution in [0.25, 0.3) is 10.9 Å². The maximum atomic E-state index is 11.6. The van der Waals surface area contributed by atoms with Crippen molar-refractivity contribution in [3.63, 3.8) is 0 Å². The van der Waals surface area contributed by atoms with Gasteiger partial charge in [0.2, 0.25) is 0 Å². The largest absolute Gasteiger partial charge is 0.468 e. The van der Waals surface area contributed by atoms with Crippen LogP contribution in [0, 0.1) is 0 Å². The second-order valence-electron chi connectivity index (χ2n) is 3.56. The van der Waals surface area contributed by atoms with Gasteiger partial charge >= 0.3 is 11.9 Å². The molecule has 0 atom stereocenters. The van der Waals surface area contributed by atoms with Crippen LogP contribution in [0.3, 0.4) is 0 Å². The molecule has 94 valence electrons. The average Bonchev–Trinajstić information content (AvgIpc) is 2.81. The zero-order chi connectivity index (χ0) is 13.1. The first-order chi connectivity index (χ1) is 8.67. The third kappa shape index (κ3) is 2.02. The number of carbonyl (C=O) groups is 2. The summed E-state index contributed by atoms with van der Waals surface area (Å²) < 4.78 is 9.19. The Bertz CT molecular complexity index is 544. The summed E-state index contributed by atoms with van der Waals surface area (Å²) in [6, 6.07) is 1.64. The van der Waals surface area contributed by atoms with E-state index in [2.05, 4.69) is 24.7 Å². The lowest BCUT2D eigenvalue weighted by molar-refractivity contribution is -0.154. The molecule has 0 aromatic carbocycles. The van der Waals surface area contributed by atoms with Crippen molar-refractivity contribution >= 4 is 22.8 Å². The van der Waals surface area contributed by atoms with Crippen LogP contribution in [-0.2, 0) is 19.1 Å². The lowest BCUT2D eigenvalue weighted by atomic mass is 10.1. The quantitative estimate of drug-likeness (QED) is 0.624. The predicted molar refractivity (Wildman–Crippen MR) is 60.7 cm³/mol. The molecule has 0 saturated carbocycles. The monoisotopic (exact) mass is 249 g/mol. The minimum atomic E-state index is -1.13. The molecule has 0 fully saturated rings. The second-order valence-corrected chi connectivity index (χ2v) is 3.56. The molecule has 7 heteroatoms. The van der Waals surface area contributed by atoms with E-state index >= 15 is 0 Å². The van der Waals surface area contributed by atoms with Crippen molar-refractivity contribution in [2.45, 2.75) is 5.92 Å². The van der Waals surface area contributed by atoms with Gasteiger partial charge in [-0.1, -0.05) is 0 Å². The van der Waals surface area contributed by atoms with Crippen molar-refractivity contribution in [3.05, 3.63) is 24.2 Å². The van der Waals surface area contributed by atoms with Crippen molar-refractivity contribution in [1.29, 1.82) is 0 Å². The Kier molecular flexibility index (Phi) is 3.22. The zero-order valence-corrected chi connectivity index (χ0v) is 9.84. The average molecular weight is 249 g/mol. The van der Waals surface area contributed by atoms with Crippen molar-refractivity contribution in [2.75, 3.05) is 14.2 Å². The summed E-state index contributed by atoms with van der Waals surface area (Å²) in [5, 5.41) is 8.16. The Morgan fingerprint density at radius 1 is 1.17 bits per heavy atom. The molecular weight excluding hydrogens is 238 g/mol. The topological polar surface area (TPSA) is 94.2 Å². The molecule has 0 saturated heterocycles. The second kappa shape index (κ2) is 4.82. The normalized spacial score (nSPS) is 10.6. The van der Waals surface area contributed by atoms with Crippen LogP contribution >= 0.6 is 0 Å². The Balaban J connectivity index is 2.47. The molecule has 18 heavy (non-hydrogen) atoms. The van der Waals surface area contributed by atoms with Gasteiger partial charge in [-0.15, -0.1) is 0 Å². The van der Waals surface area contributed by atoms with Crippen LogP contribution < -0.4 is 0 Å². The van der Waals surface area contributed by atoms with Crippen LogP contribution in [0.4, 0.5) is 0 Å². The number of fused-ring (bicyclic) bond motifs is 1. The zero-order valence-electron chi connectivity index (χ0n) is 9.84. The third-order valence-electron chi connectivity index (χ3n) is 2.54. The van der Waals surface area contributed by atoms with Gasteiger partial charge in [0.25, 0.3) is 0 Å². The van der Waals surface area contributed by atoms with Crippen LogP contribution in [0.2, 0.25) is 0 Å². The first kappa shape index (κ1) is 12.0. The highest BCUT2D eigenvalue weighted by molar-refractivity contribution is 6.01. The first-order valence-electron chi connectivity index (χ1n) is 5.12. The number of nitrogens with one attached hydrogen (secondary N) is 1. The number of H-pyrrole nitrogens is 1. The van der Waals surface area contributed by atoms with Crippen molar-refractivity contribution in [1.82, 2.24) is 15.2 Å². The van der Waals surface area contributed by atoms with E-state index in [4.69, 9.17) is 0 Å². The molecule has 0 unspecified atom stereocenters. The number of rotatable bonds is 3. The van der Waals surface area contributed by atoms with E-state index in [1.54, 1.807) is 6.07 Å². The van der Waals surface area contributed by atoms with Gasteiger partial charge in [0.05, 0.1) is 32.1 Å². The summed E-state index contributed by atoms with van der Waals surface area (Å²) in [7, 11) is 2.42. The number of aromatic amines is 1. The van der Waals surface area contributed by atoms with Gasteiger partial charge in [0.1, 0.15) is 0 Å². The van der Waals surface area contributed by atoms with Gasteiger partial charge in [-0.2, -0.15) is 10.2 Å². The summed E-state index contributed by atoms with van der Waals surface area (Å²) in [6.07, 6.45) is 3.03. The number of carbonyl (C=O) groups excluding carboxylic acids is 2. The van der Waals surface area contributed by atoms with E-state index in [-0.39, 0.29) is 0 Å². The molecule has 0 amide bonds. The molecular formula is C11H11N3O4. The van der Waals surface area contributed by atoms with E-state index in [0.717, 1.165) is 5.39 Å². The van der Waals surface area contributed by atoms with Gasteiger partial charge in [-0.25, -0.2) is 0 Å². The fraction of sp³-hybridized carbons (Fsp3) is 0.273. The van der Waals surface area contributed by atoms with Crippen LogP contribution in [-0.4, -0.2) is 41.3 Å². The van der Waals surface area contributed by atoms with Crippen molar-refractivity contribution in [3.8, 4) is 0 Å². The summed E-state index contributed by atoms with van der Waals surface area (Å²) in [6.45, 7) is 0. The standard InChI is InChI=1S/C11H11N3O4/c1-17-10(15)9(11(16)18-2)7-3-6-4-12-13-5-8(6)14-7/h3-5,9,14H,1-2H3. The van der Waals surface area contributed by atoms with Crippen LogP contribution in [0.5, 0.6) is 0 Å². The fourth-order valence-electron chi connectivity index (χ4n) is 1.65. The van der Waals surface area contributed by atoms with Gasteiger partial charge in [0, 0.05) is 11.1 Å². The molecule has 7 nitrogen and oxygen atoms in total. The molecule has 1 N–H and O–H groups in total. The SMILES string of the molecule is COC(=O)C(C(=O)OC)c1cc2cnncc2[nH]1. The minimum Gasteiger partial charge on any atom is -0.468 e. The predicted octanol–water partition coefficient (Wildman–Crippen LogP) is 0.387. The lowest BCUT2D eigenvalue weighted by Gasteiger charge is -2.10. The molecule has 2 aromatic rings. The van der Waals surface area contributed by atoms with Crippen molar-refractivity contribution in [2.24, 2.45) is 0 Å². The van der Waals surface area contributed by atoms with E-state index < -0.39 is 17.9 Å². The molecule has 0 aliphatic heterocycles. The van der Waals surface area contributed by atoms with Gasteiger partial charge in [-0.05, 0) is 6.07 Å². The number of nitrogens with zero attached hydrogens (tertiary/aromatic N) is 2. The minimum absolute atomic E-state index is 0.388. The molecule has 0 aliphatic rings. The maximum absolute atomic E-state index is 11.6. The molecule has 2 aromatic heterocycles. The number of esters is 2. The number of methoxy groups -OCH3 is 2. The van der Waals surface area contributed by atoms with E-state index in [9.17, 15) is 9.59 Å². The van der Waals surface area contributed by atoms with Crippen LogP contribution in [0.1, 0.15) is 11.6 Å². The van der Waals surface area contributed by atoms with E-state index in [1.807, 2.05) is 0 Å². The molecule has 0 radical (unpaired) electrons. The number of aromatic nitrogens is 3. The summed E-state index contributed by atoms with van der Waals surface area (Å²) in [5.74, 6) is -2.50. The lowest BCUT2D eigenvalue weighted by Crippen LogP contribution is -2.24. The summed E-state index contributed by atoms with van der Waals surface area (Å²) in [5.41, 5.74) is 1.07. The highest BCUT2D eigenvalue weighted by atomic mass is 16.5. The number of hydrogen-bond donors (Lipinski definition) is 1. The maximum Gasteiger partial charge on any atom is 0.326 e. The fourth-order valence-corrected chi connectivity index (χ4v) is 1.65. The number of hydrogen-bond acceptors (Lipinski definition) is 6. The summed E-state index contributed by atoms with van der Waals surface area (Å²) in [4.78, 5) is 26.2. The molecule has 0 bridgehead atoms. The molecule has 0 spiro atoms. The molecule has 2 rings (SSSR count). The van der Waals surface area contributed by atoms with E-state index in [0.29, 0.717) is 11.2 Å². The Morgan fingerprint density at radius 2 is 1.78 bits per heavy atom. The van der Waals surface area contributed by atoms with Crippen molar-refractivity contribution < 1.29 is 19.1 Å². The summed E-state index contributed by atoms with van der Waals surface area (Å²) >= 11 is 0. The Hall–Kier alpha value is -2.44. The highest BCUT2D eigenvalue weighted by Gasteiger charge is 2.32. The van der Waals surface area contributed by atoms with E-state index in [1.165, 1.54) is 26.6 Å². The van der Waals surface area contributed by atoms with Gasteiger partial charge in [0.15, 0.2) is 5.92 Å². The van der Waals surface area contributed by atoms with Gasteiger partial charge < -0.3 is 14.5 Å². The first-order valence-corrected chi connectivity index (χ1v) is 5.12. The molecule has 2 heterocycles. The smallest absolute Gasteiger partial charge is 0.326 e. The molecule has 0 aliphatic carbocycles. The third-order valence-corrected chi connectivity index (χ3v) is 2.54. The highest BCUT2D eigenvalue weighted by Crippen LogP contribution is 2.22. The van der Waals surface area contributed by atoms with Gasteiger partial charge in [-0.3, -0.25) is 9.59 Å². The Labute approximate surface area is 102 Å².